The minimum atomic E-state index is 0.526. The van der Waals surface area contributed by atoms with Crippen LogP contribution in [0.5, 0.6) is 0 Å². The Morgan fingerprint density at radius 2 is 1.16 bits per heavy atom. The first kappa shape index (κ1) is 36.7. The van der Waals surface area contributed by atoms with Crippen LogP contribution in [0.15, 0.2) is 46.6 Å². The van der Waals surface area contributed by atoms with Crippen molar-refractivity contribution in [2.45, 2.75) is 22.7 Å². The zero-order chi connectivity index (χ0) is 30.9. The van der Waals surface area contributed by atoms with Gasteiger partial charge in [0.2, 0.25) is 0 Å². The van der Waals surface area contributed by atoms with Gasteiger partial charge in [0.05, 0.1) is 116 Å². The van der Waals surface area contributed by atoms with E-state index in [1.165, 1.54) is 10.5 Å². The first-order valence-electron chi connectivity index (χ1n) is 15.0. The Labute approximate surface area is 269 Å². The summed E-state index contributed by atoms with van der Waals surface area (Å²) < 4.78 is 43.4. The van der Waals surface area contributed by atoms with Gasteiger partial charge in [-0.2, -0.15) is 0 Å². The third-order valence-electron chi connectivity index (χ3n) is 6.12. The summed E-state index contributed by atoms with van der Waals surface area (Å²) in [5.74, 6) is 1.64. The number of imidazole rings is 1. The van der Waals surface area contributed by atoms with Gasteiger partial charge in [-0.25, -0.2) is 4.98 Å². The predicted molar refractivity (Wildman–Crippen MR) is 173 cm³/mol. The Kier molecular flexibility index (Phi) is 20.4. The number of benzene rings is 1. The van der Waals surface area contributed by atoms with Crippen LogP contribution in [0.2, 0.25) is 0 Å². The molecule has 246 valence electrons. The van der Waals surface area contributed by atoms with E-state index in [9.17, 15) is 0 Å². The summed E-state index contributed by atoms with van der Waals surface area (Å²) in [6.07, 6.45) is 1.88. The summed E-state index contributed by atoms with van der Waals surface area (Å²) in [6.45, 7) is 10.4. The largest absolute Gasteiger partial charge is 0.382 e. The number of pyridine rings is 1. The van der Waals surface area contributed by atoms with Crippen molar-refractivity contribution < 1.29 is 37.9 Å². The van der Waals surface area contributed by atoms with Crippen molar-refractivity contribution in [3.8, 4) is 0 Å². The number of aromatic amines is 1. The maximum absolute atomic E-state index is 5.73. The minimum Gasteiger partial charge on any atom is -0.382 e. The Balaban J connectivity index is 1.07. The van der Waals surface area contributed by atoms with E-state index in [-0.39, 0.29) is 0 Å². The molecule has 2 heterocycles. The van der Waals surface area contributed by atoms with Gasteiger partial charge in [-0.3, -0.25) is 4.98 Å². The number of rotatable bonds is 28. The van der Waals surface area contributed by atoms with Crippen molar-refractivity contribution in [3.63, 3.8) is 0 Å². The molecule has 0 atom stereocenters. The van der Waals surface area contributed by atoms with Crippen LogP contribution in [0.4, 0.5) is 0 Å². The fourth-order valence-electron chi connectivity index (χ4n) is 3.77. The molecule has 44 heavy (non-hydrogen) atoms. The van der Waals surface area contributed by atoms with Crippen LogP contribution >= 0.6 is 23.5 Å². The standard InChI is InChI=1S/C31H47N3O8S2/c1-26-29(25-44-31-33-27-5-3-4-6-28(27)34-31)32-8-7-30(26)43-24-23-42-22-21-41-20-19-40-18-17-39-16-15-38-14-13-37-12-11-36-10-9-35-2/h3-8H,9-25H2,1-2H3,(H,33,34). The molecule has 0 aliphatic carbocycles. The maximum Gasteiger partial charge on any atom is 0.166 e. The molecule has 0 amide bonds. The van der Waals surface area contributed by atoms with Gasteiger partial charge >= 0.3 is 0 Å². The normalized spacial score (nSPS) is 11.6. The molecule has 0 bridgehead atoms. The lowest BCUT2D eigenvalue weighted by atomic mass is 10.2. The average molecular weight is 654 g/mol. The van der Waals surface area contributed by atoms with Crippen molar-refractivity contribution in [1.82, 2.24) is 15.0 Å². The molecule has 3 rings (SSSR count). The van der Waals surface area contributed by atoms with Crippen molar-refractivity contribution in [2.24, 2.45) is 0 Å². The van der Waals surface area contributed by atoms with E-state index in [0.29, 0.717) is 99.1 Å². The highest BCUT2D eigenvalue weighted by Gasteiger charge is 2.09. The van der Waals surface area contributed by atoms with Crippen LogP contribution in [-0.4, -0.2) is 127 Å². The van der Waals surface area contributed by atoms with Gasteiger partial charge in [0.15, 0.2) is 5.16 Å². The lowest BCUT2D eigenvalue weighted by Gasteiger charge is -2.10. The highest BCUT2D eigenvalue weighted by atomic mass is 32.2. The SMILES string of the molecule is COCCOCCOCCOCCOCCOCCOCCOCCSc1ccnc(CSc2nc3ccccc3[nH]2)c1C. The van der Waals surface area contributed by atoms with Gasteiger partial charge in [0.1, 0.15) is 0 Å². The number of methoxy groups -OCH3 is 1. The lowest BCUT2D eigenvalue weighted by Crippen LogP contribution is -2.15. The number of H-pyrrole nitrogens is 1. The molecule has 0 saturated heterocycles. The van der Waals surface area contributed by atoms with E-state index in [2.05, 4.69) is 27.9 Å². The number of fused-ring (bicyclic) bond motifs is 1. The van der Waals surface area contributed by atoms with Crippen molar-refractivity contribution in [1.29, 1.82) is 0 Å². The van der Waals surface area contributed by atoms with Crippen LogP contribution in [0.25, 0.3) is 11.0 Å². The second-order valence-electron chi connectivity index (χ2n) is 9.36. The second-order valence-corrected chi connectivity index (χ2v) is 11.5. The van der Waals surface area contributed by atoms with E-state index in [4.69, 9.17) is 37.9 Å². The highest BCUT2D eigenvalue weighted by Crippen LogP contribution is 2.28. The van der Waals surface area contributed by atoms with E-state index >= 15 is 0 Å². The van der Waals surface area contributed by atoms with Crippen molar-refractivity contribution >= 4 is 34.6 Å². The van der Waals surface area contributed by atoms with Crippen molar-refractivity contribution in [2.75, 3.05) is 112 Å². The number of nitrogens with zero attached hydrogens (tertiary/aromatic N) is 2. The predicted octanol–water partition coefficient (Wildman–Crippen LogP) is 4.41. The smallest absolute Gasteiger partial charge is 0.166 e. The molecular weight excluding hydrogens is 606 g/mol. The molecule has 1 N–H and O–H groups in total. The zero-order valence-corrected chi connectivity index (χ0v) is 27.6. The molecule has 0 spiro atoms. The number of hydrogen-bond donors (Lipinski definition) is 1. The maximum atomic E-state index is 5.73. The second kappa shape index (κ2) is 24.5. The fraction of sp³-hybridized carbons (Fsp3) is 0.613. The third-order valence-corrected chi connectivity index (χ3v) is 8.13. The summed E-state index contributed by atoms with van der Waals surface area (Å²) in [7, 11) is 1.65. The van der Waals surface area contributed by atoms with E-state index < -0.39 is 0 Å². The zero-order valence-electron chi connectivity index (χ0n) is 26.0. The first-order valence-corrected chi connectivity index (χ1v) is 16.9. The molecule has 3 aromatic rings. The number of thioether (sulfide) groups is 2. The van der Waals surface area contributed by atoms with Gasteiger partial charge in [0, 0.05) is 29.7 Å². The Hall–Kier alpha value is -1.78. The van der Waals surface area contributed by atoms with Gasteiger partial charge < -0.3 is 42.9 Å². The molecule has 11 nitrogen and oxygen atoms in total. The third kappa shape index (κ3) is 16.0. The van der Waals surface area contributed by atoms with E-state index in [0.717, 1.165) is 33.4 Å². The summed E-state index contributed by atoms with van der Waals surface area (Å²) in [4.78, 5) is 13.8. The number of ether oxygens (including phenoxy) is 8. The quantitative estimate of drug-likeness (QED) is 0.0884. The van der Waals surface area contributed by atoms with Crippen LogP contribution in [-0.2, 0) is 43.6 Å². The number of aromatic nitrogens is 3. The molecule has 0 aliphatic heterocycles. The Bertz CT molecular complexity index is 1110. The first-order chi connectivity index (χ1) is 21.8. The molecule has 13 heteroatoms. The van der Waals surface area contributed by atoms with Gasteiger partial charge in [0.25, 0.3) is 0 Å². The van der Waals surface area contributed by atoms with Crippen molar-refractivity contribution in [3.05, 3.63) is 47.8 Å². The van der Waals surface area contributed by atoms with Gasteiger partial charge in [-0.1, -0.05) is 23.9 Å². The molecule has 0 radical (unpaired) electrons. The molecule has 2 aromatic heterocycles. The van der Waals surface area contributed by atoms with E-state index in [1.807, 2.05) is 30.5 Å². The minimum absolute atomic E-state index is 0.526. The summed E-state index contributed by atoms with van der Waals surface area (Å²) in [5, 5.41) is 0.911. The topological polar surface area (TPSA) is 115 Å². The number of nitrogens with one attached hydrogen (secondary N) is 1. The highest BCUT2D eigenvalue weighted by molar-refractivity contribution is 7.99. The Morgan fingerprint density at radius 3 is 1.70 bits per heavy atom. The van der Waals surface area contributed by atoms with Crippen LogP contribution in [0.3, 0.4) is 0 Å². The summed E-state index contributed by atoms with van der Waals surface area (Å²) >= 11 is 3.46. The van der Waals surface area contributed by atoms with E-state index in [1.54, 1.807) is 30.6 Å². The monoisotopic (exact) mass is 653 g/mol. The molecule has 0 fully saturated rings. The van der Waals surface area contributed by atoms with Gasteiger partial charge in [-0.15, -0.1) is 11.8 Å². The van der Waals surface area contributed by atoms with Crippen LogP contribution in [0.1, 0.15) is 11.3 Å². The fourth-order valence-corrected chi connectivity index (χ4v) is 5.59. The molecule has 0 unspecified atom stereocenters. The summed E-state index contributed by atoms with van der Waals surface area (Å²) in [6, 6.07) is 10.1. The molecule has 1 aromatic carbocycles. The van der Waals surface area contributed by atoms with Crippen LogP contribution in [0, 0.1) is 6.92 Å². The van der Waals surface area contributed by atoms with Crippen LogP contribution < -0.4 is 0 Å². The molecule has 0 aliphatic rings. The lowest BCUT2D eigenvalue weighted by molar-refractivity contribution is -0.0217. The number of hydrogen-bond acceptors (Lipinski definition) is 12. The summed E-state index contributed by atoms with van der Waals surface area (Å²) in [5.41, 5.74) is 4.32. The molecular formula is C31H47N3O8S2. The Morgan fingerprint density at radius 1 is 0.636 bits per heavy atom. The number of para-hydroxylation sites is 2. The molecule has 0 saturated carbocycles. The van der Waals surface area contributed by atoms with Gasteiger partial charge in [-0.05, 0) is 30.7 Å². The average Bonchev–Trinajstić information content (AvgIpc) is 3.46.